The Labute approximate surface area is 85.2 Å². The summed E-state index contributed by atoms with van der Waals surface area (Å²) in [5.74, 6) is 0. The molecule has 0 amide bonds. The topological polar surface area (TPSA) is 0 Å². The fourth-order valence-electron chi connectivity index (χ4n) is 1.44. The molecule has 0 atom stereocenters. The van der Waals surface area contributed by atoms with E-state index in [1.807, 2.05) is 38.1 Å². The van der Waals surface area contributed by atoms with Crippen molar-refractivity contribution < 1.29 is 0 Å². The van der Waals surface area contributed by atoms with Crippen molar-refractivity contribution in [3.8, 4) is 0 Å². The molecule has 0 radical (unpaired) electrons. The largest absolute Gasteiger partial charge is 0.0911 e. The van der Waals surface area contributed by atoms with Gasteiger partial charge in [-0.05, 0) is 21.2 Å². The van der Waals surface area contributed by atoms with E-state index in [1.165, 1.54) is 10.8 Å². The Kier molecular flexibility index (Phi) is 3.47. The quantitative estimate of drug-likeness (QED) is 0.590. The van der Waals surface area contributed by atoms with E-state index in [0.717, 1.165) is 10.4 Å². The predicted octanol–water partition coefficient (Wildman–Crippen LogP) is 2.69. The average molecular weight is 184 g/mol. The second-order valence-corrected chi connectivity index (χ2v) is 2.93. The third kappa shape index (κ3) is 1.85. The highest BCUT2D eigenvalue weighted by atomic mass is 14.0. The van der Waals surface area contributed by atoms with Crippen molar-refractivity contribution in [2.24, 2.45) is 0 Å². The molecule has 0 aromatic heterocycles. The summed E-state index contributed by atoms with van der Waals surface area (Å²) in [6, 6.07) is 12.2. The van der Waals surface area contributed by atoms with Crippen molar-refractivity contribution in [1.82, 2.24) is 0 Å². The lowest BCUT2D eigenvalue weighted by atomic mass is 10.1. The lowest BCUT2D eigenvalue weighted by Crippen LogP contribution is -2.05. The van der Waals surface area contributed by atoms with Gasteiger partial charge in [0.05, 0.1) is 0 Å². The highest BCUT2D eigenvalue weighted by Gasteiger charge is 1.91. The van der Waals surface area contributed by atoms with Crippen LogP contribution in [0.4, 0.5) is 0 Å². The molecule has 0 aliphatic rings. The molecule has 0 heteroatoms. The van der Waals surface area contributed by atoms with E-state index in [9.17, 15) is 0 Å². The molecular weight excluding hydrogens is 168 g/mol. The molecule has 0 aliphatic carbocycles. The predicted molar refractivity (Wildman–Crippen MR) is 65.6 cm³/mol. The normalized spacial score (nSPS) is 9.29. The summed E-state index contributed by atoms with van der Waals surface area (Å²) >= 11 is 0. The molecule has 14 heavy (non-hydrogen) atoms. The fourth-order valence-corrected chi connectivity index (χ4v) is 1.44. The molecular formula is C14H16. The second-order valence-electron chi connectivity index (χ2n) is 2.93. The van der Waals surface area contributed by atoms with Crippen molar-refractivity contribution in [2.75, 3.05) is 0 Å². The maximum absolute atomic E-state index is 3.96. The van der Waals surface area contributed by atoms with Crippen LogP contribution in [-0.4, -0.2) is 0 Å². The Bertz CT molecular complexity index is 460. The van der Waals surface area contributed by atoms with Crippen molar-refractivity contribution >= 4 is 23.9 Å². The van der Waals surface area contributed by atoms with Gasteiger partial charge in [-0.1, -0.05) is 63.4 Å². The minimum absolute atomic E-state index is 1.07. The van der Waals surface area contributed by atoms with Gasteiger partial charge in [0, 0.05) is 0 Å². The molecule has 0 spiro atoms. The first-order valence-electron chi connectivity index (χ1n) is 4.95. The Morgan fingerprint density at radius 2 is 1.07 bits per heavy atom. The summed E-state index contributed by atoms with van der Waals surface area (Å²) in [5.41, 5.74) is 0. The number of benzene rings is 2. The van der Waals surface area contributed by atoms with E-state index < -0.39 is 0 Å². The summed E-state index contributed by atoms with van der Waals surface area (Å²) in [7, 11) is 0. The van der Waals surface area contributed by atoms with Gasteiger partial charge in [0.1, 0.15) is 0 Å². The van der Waals surface area contributed by atoms with E-state index in [2.05, 4.69) is 25.3 Å². The van der Waals surface area contributed by atoms with Crippen LogP contribution >= 0.6 is 0 Å². The standard InChI is InChI=1S/C12H10.C2H6/c1-9-5-3-8-12-10(2)6-4-7-11(9)12;1-2/h3-8H,1-2H2;1-2H3. The highest BCUT2D eigenvalue weighted by molar-refractivity contribution is 5.83. The van der Waals surface area contributed by atoms with Crippen LogP contribution in [0.25, 0.3) is 23.9 Å². The minimum Gasteiger partial charge on any atom is -0.0911 e. The van der Waals surface area contributed by atoms with Crippen LogP contribution in [0.15, 0.2) is 36.4 Å². The van der Waals surface area contributed by atoms with Gasteiger partial charge in [0.15, 0.2) is 0 Å². The lowest BCUT2D eigenvalue weighted by molar-refractivity contribution is 1.50. The first kappa shape index (κ1) is 10.5. The lowest BCUT2D eigenvalue weighted by Gasteiger charge is -1.96. The number of hydrogen-bond donors (Lipinski definition) is 0. The number of hydrogen-bond acceptors (Lipinski definition) is 0. The summed E-state index contributed by atoms with van der Waals surface area (Å²) in [6.07, 6.45) is 0. The van der Waals surface area contributed by atoms with E-state index >= 15 is 0 Å². The van der Waals surface area contributed by atoms with E-state index in [1.54, 1.807) is 0 Å². The molecule has 0 saturated heterocycles. The Morgan fingerprint density at radius 1 is 0.714 bits per heavy atom. The Hall–Kier alpha value is -1.56. The van der Waals surface area contributed by atoms with Crippen molar-refractivity contribution in [3.63, 3.8) is 0 Å². The number of rotatable bonds is 0. The van der Waals surface area contributed by atoms with E-state index in [0.29, 0.717) is 0 Å². The summed E-state index contributed by atoms with van der Waals surface area (Å²) < 4.78 is 0. The zero-order valence-electron chi connectivity index (χ0n) is 8.88. The van der Waals surface area contributed by atoms with Crippen LogP contribution in [0.2, 0.25) is 0 Å². The number of fused-ring (bicyclic) bond motifs is 1. The molecule has 72 valence electrons. The van der Waals surface area contributed by atoms with Crippen molar-refractivity contribution in [2.45, 2.75) is 13.8 Å². The molecule has 0 N–H and O–H groups in total. The molecule has 2 aromatic carbocycles. The maximum Gasteiger partial charge on any atom is -0.0112 e. The smallest absolute Gasteiger partial charge is 0.0112 e. The molecule has 0 bridgehead atoms. The van der Waals surface area contributed by atoms with Crippen LogP contribution in [0, 0.1) is 0 Å². The minimum atomic E-state index is 1.07. The van der Waals surface area contributed by atoms with Crippen LogP contribution in [-0.2, 0) is 0 Å². The SMILES string of the molecule is C=c1cccc2c(=C)cccc12.CC. The van der Waals surface area contributed by atoms with Crippen LogP contribution in [0.1, 0.15) is 13.8 Å². The average Bonchev–Trinajstić information content (AvgIpc) is 2.23. The maximum atomic E-state index is 3.96. The summed E-state index contributed by atoms with van der Waals surface area (Å²) in [4.78, 5) is 0. The molecule has 0 unspecified atom stereocenters. The van der Waals surface area contributed by atoms with Gasteiger partial charge in [0.25, 0.3) is 0 Å². The fraction of sp³-hybridized carbons (Fsp3) is 0.143. The van der Waals surface area contributed by atoms with Crippen LogP contribution < -0.4 is 10.4 Å². The molecule has 0 nitrogen and oxygen atoms in total. The van der Waals surface area contributed by atoms with Gasteiger partial charge < -0.3 is 0 Å². The zero-order chi connectivity index (χ0) is 10.6. The highest BCUT2D eigenvalue weighted by Crippen LogP contribution is 2.01. The van der Waals surface area contributed by atoms with E-state index in [4.69, 9.17) is 0 Å². The summed E-state index contributed by atoms with van der Waals surface area (Å²) in [5, 5.41) is 4.53. The first-order chi connectivity index (χ1) is 6.79. The van der Waals surface area contributed by atoms with Crippen LogP contribution in [0.5, 0.6) is 0 Å². The monoisotopic (exact) mass is 184 g/mol. The molecule has 2 rings (SSSR count). The summed E-state index contributed by atoms with van der Waals surface area (Å²) in [6.45, 7) is 11.9. The van der Waals surface area contributed by atoms with Gasteiger partial charge in [-0.2, -0.15) is 0 Å². The first-order valence-corrected chi connectivity index (χ1v) is 4.95. The van der Waals surface area contributed by atoms with Gasteiger partial charge in [-0.3, -0.25) is 0 Å². The third-order valence-corrected chi connectivity index (χ3v) is 2.10. The molecule has 2 aromatic rings. The van der Waals surface area contributed by atoms with Gasteiger partial charge in [-0.15, -0.1) is 0 Å². The Balaban J connectivity index is 0.000000461. The molecule has 0 aliphatic heterocycles. The van der Waals surface area contributed by atoms with Gasteiger partial charge in [-0.25, -0.2) is 0 Å². The third-order valence-electron chi connectivity index (χ3n) is 2.10. The second kappa shape index (κ2) is 4.61. The van der Waals surface area contributed by atoms with Gasteiger partial charge in [0.2, 0.25) is 0 Å². The molecule has 0 fully saturated rings. The van der Waals surface area contributed by atoms with Crippen molar-refractivity contribution in [3.05, 3.63) is 46.8 Å². The molecule has 0 heterocycles. The molecule has 0 saturated carbocycles. The van der Waals surface area contributed by atoms with E-state index in [-0.39, 0.29) is 0 Å². The van der Waals surface area contributed by atoms with Crippen LogP contribution in [0.3, 0.4) is 0 Å². The zero-order valence-corrected chi connectivity index (χ0v) is 8.88. The van der Waals surface area contributed by atoms with Gasteiger partial charge >= 0.3 is 0 Å². The van der Waals surface area contributed by atoms with Crippen molar-refractivity contribution in [1.29, 1.82) is 0 Å². The Morgan fingerprint density at radius 3 is 1.43 bits per heavy atom.